The highest BCUT2D eigenvalue weighted by Crippen LogP contribution is 2.34. The predicted octanol–water partition coefficient (Wildman–Crippen LogP) is 2.55. The van der Waals surface area contributed by atoms with E-state index >= 15 is 0 Å². The van der Waals surface area contributed by atoms with Gasteiger partial charge in [-0.1, -0.05) is 18.2 Å². The number of hydrogen-bond donors (Lipinski definition) is 1. The lowest BCUT2D eigenvalue weighted by Gasteiger charge is -2.39. The van der Waals surface area contributed by atoms with Crippen molar-refractivity contribution in [3.05, 3.63) is 35.6 Å². The number of piperidine rings is 1. The molecule has 2 aliphatic heterocycles. The van der Waals surface area contributed by atoms with Gasteiger partial charge in [-0.25, -0.2) is 9.18 Å². The first-order chi connectivity index (χ1) is 11.6. The molecule has 2 fully saturated rings. The van der Waals surface area contributed by atoms with E-state index < -0.39 is 5.79 Å². The smallest absolute Gasteiger partial charge is 0.317 e. The zero-order valence-electron chi connectivity index (χ0n) is 14.1. The van der Waals surface area contributed by atoms with Crippen LogP contribution in [0.15, 0.2) is 24.3 Å². The summed E-state index contributed by atoms with van der Waals surface area (Å²) in [5, 5.41) is 2.89. The molecule has 0 bridgehead atoms. The number of nitrogens with one attached hydrogen (secondary N) is 1. The second-order valence-corrected chi connectivity index (χ2v) is 6.57. The van der Waals surface area contributed by atoms with Gasteiger partial charge in [0.1, 0.15) is 5.82 Å². The van der Waals surface area contributed by atoms with Crippen LogP contribution in [0.3, 0.4) is 0 Å². The molecule has 2 aliphatic rings. The zero-order valence-corrected chi connectivity index (χ0v) is 14.1. The SMILES string of the molecule is CC1(C2CCCN(C(=O)NCCc3ccccc3F)C2)OCCO1. The molecule has 0 spiro atoms. The first-order valence-corrected chi connectivity index (χ1v) is 8.62. The summed E-state index contributed by atoms with van der Waals surface area (Å²) in [6, 6.07) is 6.55. The maximum absolute atomic E-state index is 13.6. The summed E-state index contributed by atoms with van der Waals surface area (Å²) >= 11 is 0. The van der Waals surface area contributed by atoms with E-state index in [4.69, 9.17) is 9.47 Å². The van der Waals surface area contributed by atoms with Crippen molar-refractivity contribution in [3.63, 3.8) is 0 Å². The molecule has 5 nitrogen and oxygen atoms in total. The molecule has 0 aliphatic carbocycles. The molecule has 1 aromatic rings. The topological polar surface area (TPSA) is 50.8 Å². The number of ether oxygens (including phenoxy) is 2. The number of amides is 2. The summed E-state index contributed by atoms with van der Waals surface area (Å²) in [6.45, 7) is 4.97. The summed E-state index contributed by atoms with van der Waals surface area (Å²) in [7, 11) is 0. The number of halogens is 1. The van der Waals surface area contributed by atoms with Crippen molar-refractivity contribution in [1.82, 2.24) is 10.2 Å². The molecule has 0 radical (unpaired) electrons. The minimum absolute atomic E-state index is 0.0994. The van der Waals surface area contributed by atoms with Crippen LogP contribution < -0.4 is 5.32 Å². The number of rotatable bonds is 4. The fraction of sp³-hybridized carbons (Fsp3) is 0.611. The maximum Gasteiger partial charge on any atom is 0.317 e. The zero-order chi connectivity index (χ0) is 17.0. The van der Waals surface area contributed by atoms with Crippen LogP contribution >= 0.6 is 0 Å². The van der Waals surface area contributed by atoms with E-state index in [1.165, 1.54) is 6.07 Å². The van der Waals surface area contributed by atoms with Crippen LogP contribution in [0.4, 0.5) is 9.18 Å². The van der Waals surface area contributed by atoms with Gasteiger partial charge in [-0.05, 0) is 37.8 Å². The number of carbonyl (C=O) groups excluding carboxylic acids is 1. The van der Waals surface area contributed by atoms with Crippen molar-refractivity contribution < 1.29 is 18.7 Å². The molecule has 1 aromatic carbocycles. The van der Waals surface area contributed by atoms with Crippen LogP contribution in [-0.4, -0.2) is 49.6 Å². The molecule has 132 valence electrons. The third-order valence-corrected chi connectivity index (χ3v) is 4.94. The Morgan fingerprint density at radius 2 is 2.12 bits per heavy atom. The summed E-state index contributed by atoms with van der Waals surface area (Å²) in [5.41, 5.74) is 0.620. The molecule has 2 heterocycles. The molecule has 1 atom stereocenters. The van der Waals surface area contributed by atoms with Crippen molar-refractivity contribution in [3.8, 4) is 0 Å². The van der Waals surface area contributed by atoms with E-state index in [1.54, 1.807) is 18.2 Å². The molecule has 1 N–H and O–H groups in total. The van der Waals surface area contributed by atoms with Gasteiger partial charge in [-0.2, -0.15) is 0 Å². The molecule has 0 saturated carbocycles. The number of likely N-dealkylation sites (tertiary alicyclic amines) is 1. The van der Waals surface area contributed by atoms with Gasteiger partial charge in [0, 0.05) is 25.6 Å². The normalized spacial score (nSPS) is 23.2. The number of benzene rings is 1. The van der Waals surface area contributed by atoms with Crippen molar-refractivity contribution in [2.45, 2.75) is 32.0 Å². The summed E-state index contributed by atoms with van der Waals surface area (Å²) in [6.07, 6.45) is 2.42. The Kier molecular flexibility index (Phi) is 5.36. The molecule has 24 heavy (non-hydrogen) atoms. The third-order valence-electron chi connectivity index (χ3n) is 4.94. The van der Waals surface area contributed by atoms with Crippen LogP contribution in [0.25, 0.3) is 0 Å². The Hall–Kier alpha value is -1.66. The van der Waals surface area contributed by atoms with Crippen LogP contribution in [0.2, 0.25) is 0 Å². The Morgan fingerprint density at radius 3 is 2.88 bits per heavy atom. The van der Waals surface area contributed by atoms with Crippen molar-refractivity contribution >= 4 is 6.03 Å². The lowest BCUT2D eigenvalue weighted by atomic mass is 9.90. The fourth-order valence-corrected chi connectivity index (χ4v) is 3.47. The van der Waals surface area contributed by atoms with Crippen LogP contribution in [0.5, 0.6) is 0 Å². The van der Waals surface area contributed by atoms with Crippen molar-refractivity contribution in [2.24, 2.45) is 5.92 Å². The van der Waals surface area contributed by atoms with Crippen LogP contribution in [0, 0.1) is 11.7 Å². The Morgan fingerprint density at radius 1 is 1.38 bits per heavy atom. The minimum atomic E-state index is -0.577. The largest absolute Gasteiger partial charge is 0.347 e. The van der Waals surface area contributed by atoms with Gasteiger partial charge >= 0.3 is 6.03 Å². The number of nitrogens with zero attached hydrogens (tertiary/aromatic N) is 1. The van der Waals surface area contributed by atoms with Gasteiger partial charge in [0.15, 0.2) is 5.79 Å². The monoisotopic (exact) mass is 336 g/mol. The van der Waals surface area contributed by atoms with E-state index in [0.29, 0.717) is 38.3 Å². The number of hydrogen-bond acceptors (Lipinski definition) is 3. The average Bonchev–Trinajstić information content (AvgIpc) is 3.05. The van der Waals surface area contributed by atoms with E-state index in [0.717, 1.165) is 19.4 Å². The van der Waals surface area contributed by atoms with Gasteiger partial charge in [0.2, 0.25) is 0 Å². The highest BCUT2D eigenvalue weighted by molar-refractivity contribution is 5.74. The van der Waals surface area contributed by atoms with Crippen molar-refractivity contribution in [2.75, 3.05) is 32.8 Å². The van der Waals surface area contributed by atoms with Gasteiger partial charge in [-0.3, -0.25) is 0 Å². The molecular formula is C18H25FN2O3. The molecule has 6 heteroatoms. The van der Waals surface area contributed by atoms with E-state index in [2.05, 4.69) is 5.32 Å². The lowest BCUT2D eigenvalue weighted by Crippen LogP contribution is -2.51. The van der Waals surface area contributed by atoms with Crippen LogP contribution in [-0.2, 0) is 15.9 Å². The van der Waals surface area contributed by atoms with Crippen LogP contribution in [0.1, 0.15) is 25.3 Å². The highest BCUT2D eigenvalue weighted by atomic mass is 19.1. The minimum Gasteiger partial charge on any atom is -0.347 e. The van der Waals surface area contributed by atoms with E-state index in [-0.39, 0.29) is 17.8 Å². The second kappa shape index (κ2) is 7.49. The van der Waals surface area contributed by atoms with Gasteiger partial charge in [0.25, 0.3) is 0 Å². The number of urea groups is 1. The molecule has 2 amide bonds. The molecule has 1 unspecified atom stereocenters. The molecule has 0 aromatic heterocycles. The van der Waals surface area contributed by atoms with Crippen molar-refractivity contribution in [1.29, 1.82) is 0 Å². The van der Waals surface area contributed by atoms with Gasteiger partial charge in [-0.15, -0.1) is 0 Å². The Labute approximate surface area is 142 Å². The first-order valence-electron chi connectivity index (χ1n) is 8.62. The third kappa shape index (κ3) is 3.87. The molecular weight excluding hydrogens is 311 g/mol. The second-order valence-electron chi connectivity index (χ2n) is 6.57. The Bertz CT molecular complexity index is 575. The summed E-state index contributed by atoms with van der Waals surface area (Å²) in [5.74, 6) is -0.620. The molecule has 3 rings (SSSR count). The van der Waals surface area contributed by atoms with E-state index in [1.807, 2.05) is 11.8 Å². The van der Waals surface area contributed by atoms with Gasteiger partial charge in [0.05, 0.1) is 13.2 Å². The van der Waals surface area contributed by atoms with E-state index in [9.17, 15) is 9.18 Å². The quantitative estimate of drug-likeness (QED) is 0.919. The standard InChI is InChI=1S/C18H25FN2O3/c1-18(23-11-12-24-18)15-6-4-10-21(13-15)17(22)20-9-8-14-5-2-3-7-16(14)19/h2-3,5,7,15H,4,6,8-13H2,1H3,(H,20,22). The first kappa shape index (κ1) is 17.2. The highest BCUT2D eigenvalue weighted by Gasteiger charge is 2.42. The van der Waals surface area contributed by atoms with Gasteiger partial charge < -0.3 is 19.7 Å². The summed E-state index contributed by atoms with van der Waals surface area (Å²) in [4.78, 5) is 14.2. The molecule has 2 saturated heterocycles. The average molecular weight is 336 g/mol. The maximum atomic E-state index is 13.6. The Balaban J connectivity index is 1.49. The predicted molar refractivity (Wildman–Crippen MR) is 88.1 cm³/mol. The summed E-state index contributed by atoms with van der Waals surface area (Å²) < 4.78 is 25.1. The fourth-order valence-electron chi connectivity index (χ4n) is 3.47. The number of carbonyl (C=O) groups is 1. The lowest BCUT2D eigenvalue weighted by molar-refractivity contribution is -0.189.